The normalized spacial score (nSPS) is 10.2. The number of rotatable bonds is 4. The van der Waals surface area contributed by atoms with E-state index in [-0.39, 0.29) is 23.7 Å². The second-order valence-corrected chi connectivity index (χ2v) is 4.56. The van der Waals surface area contributed by atoms with Crippen LogP contribution in [0.4, 0.5) is 5.69 Å². The molecule has 8 heteroatoms. The van der Waals surface area contributed by atoms with Gasteiger partial charge in [-0.2, -0.15) is 0 Å². The molecule has 0 aliphatic rings. The van der Waals surface area contributed by atoms with Crippen molar-refractivity contribution in [2.75, 3.05) is 5.32 Å². The van der Waals surface area contributed by atoms with Crippen molar-refractivity contribution in [2.45, 2.75) is 6.54 Å². The molecule has 0 aliphatic carbocycles. The molecule has 2 aromatic rings. The Morgan fingerprint density at radius 2 is 2.21 bits per heavy atom. The number of aromatic carboxylic acids is 1. The van der Waals surface area contributed by atoms with Gasteiger partial charge in [0.1, 0.15) is 6.54 Å². The van der Waals surface area contributed by atoms with Gasteiger partial charge in [-0.15, -0.1) is 5.10 Å². The van der Waals surface area contributed by atoms with Gasteiger partial charge >= 0.3 is 5.97 Å². The number of anilines is 1. The summed E-state index contributed by atoms with van der Waals surface area (Å²) in [6.45, 7) is -0.0361. The van der Waals surface area contributed by atoms with Gasteiger partial charge in [0, 0.05) is 10.7 Å². The van der Waals surface area contributed by atoms with E-state index in [4.69, 9.17) is 5.11 Å². The molecule has 0 atom stereocenters. The highest BCUT2D eigenvalue weighted by molar-refractivity contribution is 9.10. The van der Waals surface area contributed by atoms with Crippen LogP contribution < -0.4 is 5.32 Å². The molecular weight excluding hydrogens is 316 g/mol. The van der Waals surface area contributed by atoms with E-state index < -0.39 is 5.97 Å². The summed E-state index contributed by atoms with van der Waals surface area (Å²) in [5.41, 5.74) is 0.252. The molecule has 0 spiro atoms. The average molecular weight is 325 g/mol. The maximum atomic E-state index is 11.8. The first kappa shape index (κ1) is 13.2. The van der Waals surface area contributed by atoms with Crippen LogP contribution in [0.5, 0.6) is 0 Å². The Morgan fingerprint density at radius 1 is 1.42 bits per heavy atom. The van der Waals surface area contributed by atoms with Gasteiger partial charge in [-0.1, -0.05) is 21.1 Å². The van der Waals surface area contributed by atoms with E-state index in [0.29, 0.717) is 4.47 Å². The van der Waals surface area contributed by atoms with E-state index in [1.807, 2.05) is 0 Å². The summed E-state index contributed by atoms with van der Waals surface area (Å²) < 4.78 is 2.02. The van der Waals surface area contributed by atoms with Crippen molar-refractivity contribution in [3.05, 3.63) is 40.6 Å². The third-order valence-electron chi connectivity index (χ3n) is 2.26. The predicted octanol–water partition coefficient (Wildman–Crippen LogP) is 1.38. The number of carboxylic acid groups (broad SMARTS) is 1. The summed E-state index contributed by atoms with van der Waals surface area (Å²) in [5, 5.41) is 18.8. The predicted molar refractivity (Wildman–Crippen MR) is 69.8 cm³/mol. The molecule has 2 rings (SSSR count). The van der Waals surface area contributed by atoms with Crippen LogP contribution in [-0.4, -0.2) is 32.0 Å². The molecule has 1 amide bonds. The van der Waals surface area contributed by atoms with Crippen LogP contribution in [0.15, 0.2) is 35.1 Å². The zero-order valence-electron chi connectivity index (χ0n) is 9.58. The maximum Gasteiger partial charge on any atom is 0.337 e. The van der Waals surface area contributed by atoms with Crippen molar-refractivity contribution in [1.29, 1.82) is 0 Å². The zero-order chi connectivity index (χ0) is 13.8. The van der Waals surface area contributed by atoms with Gasteiger partial charge in [0.2, 0.25) is 5.91 Å². The van der Waals surface area contributed by atoms with E-state index in [1.165, 1.54) is 23.0 Å². The first-order chi connectivity index (χ1) is 9.06. The number of carboxylic acids is 1. The lowest BCUT2D eigenvalue weighted by molar-refractivity contribution is -0.116. The SMILES string of the molecule is O=C(Cn1ccnn1)Nc1cc(Br)ccc1C(=O)O. The van der Waals surface area contributed by atoms with Gasteiger partial charge in [-0.05, 0) is 18.2 Å². The minimum Gasteiger partial charge on any atom is -0.478 e. The monoisotopic (exact) mass is 324 g/mol. The second-order valence-electron chi connectivity index (χ2n) is 3.64. The Kier molecular flexibility index (Phi) is 3.91. The third kappa shape index (κ3) is 3.38. The standard InChI is InChI=1S/C11H9BrN4O3/c12-7-1-2-8(11(18)19)9(5-7)14-10(17)6-16-4-3-13-15-16/h1-5H,6H2,(H,14,17)(H,18,19). The third-order valence-corrected chi connectivity index (χ3v) is 2.76. The summed E-state index contributed by atoms with van der Waals surface area (Å²) in [5.74, 6) is -1.49. The molecule has 1 aromatic heterocycles. The minimum atomic E-state index is -1.11. The Labute approximate surface area is 116 Å². The molecule has 98 valence electrons. The molecule has 0 fully saturated rings. The number of nitrogens with zero attached hydrogens (tertiary/aromatic N) is 3. The first-order valence-corrected chi connectivity index (χ1v) is 6.02. The second kappa shape index (κ2) is 5.61. The van der Waals surface area contributed by atoms with E-state index in [1.54, 1.807) is 12.3 Å². The van der Waals surface area contributed by atoms with Crippen LogP contribution in [0.25, 0.3) is 0 Å². The van der Waals surface area contributed by atoms with E-state index in [2.05, 4.69) is 31.6 Å². The molecule has 2 N–H and O–H groups in total. The molecule has 0 radical (unpaired) electrons. The molecule has 0 saturated heterocycles. The van der Waals surface area contributed by atoms with Gasteiger partial charge in [0.15, 0.2) is 0 Å². The van der Waals surface area contributed by atoms with Crippen molar-refractivity contribution in [1.82, 2.24) is 15.0 Å². The fourth-order valence-electron chi connectivity index (χ4n) is 1.46. The van der Waals surface area contributed by atoms with Crippen LogP contribution in [0, 0.1) is 0 Å². The molecule has 0 aliphatic heterocycles. The molecule has 7 nitrogen and oxygen atoms in total. The van der Waals surface area contributed by atoms with Crippen LogP contribution in [0.1, 0.15) is 10.4 Å². The molecule has 0 unspecified atom stereocenters. The number of aromatic nitrogens is 3. The van der Waals surface area contributed by atoms with Crippen molar-refractivity contribution >= 4 is 33.5 Å². The molecule has 1 aromatic carbocycles. The lowest BCUT2D eigenvalue weighted by atomic mass is 10.2. The van der Waals surface area contributed by atoms with Crippen molar-refractivity contribution in [3.8, 4) is 0 Å². The van der Waals surface area contributed by atoms with Crippen LogP contribution in [0.2, 0.25) is 0 Å². The maximum absolute atomic E-state index is 11.8. The highest BCUT2D eigenvalue weighted by Crippen LogP contribution is 2.21. The quantitative estimate of drug-likeness (QED) is 0.885. The molecule has 0 bridgehead atoms. The number of nitrogens with one attached hydrogen (secondary N) is 1. The fourth-order valence-corrected chi connectivity index (χ4v) is 1.82. The zero-order valence-corrected chi connectivity index (χ0v) is 11.2. The number of carbonyl (C=O) groups excluding carboxylic acids is 1. The number of amides is 1. The van der Waals surface area contributed by atoms with Crippen LogP contribution in [0.3, 0.4) is 0 Å². The van der Waals surface area contributed by atoms with Gasteiger partial charge in [0.25, 0.3) is 0 Å². The van der Waals surface area contributed by atoms with Crippen molar-refractivity contribution in [2.24, 2.45) is 0 Å². The van der Waals surface area contributed by atoms with Gasteiger partial charge in [0.05, 0.1) is 17.4 Å². The van der Waals surface area contributed by atoms with Crippen LogP contribution >= 0.6 is 15.9 Å². The van der Waals surface area contributed by atoms with Gasteiger partial charge in [-0.3, -0.25) is 4.79 Å². The summed E-state index contributed by atoms with van der Waals surface area (Å²) in [6, 6.07) is 4.54. The molecular formula is C11H9BrN4O3. The lowest BCUT2D eigenvalue weighted by Gasteiger charge is -2.08. The van der Waals surface area contributed by atoms with Gasteiger partial charge < -0.3 is 10.4 Å². The first-order valence-electron chi connectivity index (χ1n) is 5.23. The Bertz CT molecular complexity index is 612. The lowest BCUT2D eigenvalue weighted by Crippen LogP contribution is -2.20. The van der Waals surface area contributed by atoms with Gasteiger partial charge in [-0.25, -0.2) is 9.48 Å². The number of benzene rings is 1. The van der Waals surface area contributed by atoms with Crippen molar-refractivity contribution in [3.63, 3.8) is 0 Å². The summed E-state index contributed by atoms with van der Waals surface area (Å²) in [7, 11) is 0. The summed E-state index contributed by atoms with van der Waals surface area (Å²) in [6.07, 6.45) is 2.99. The number of hydrogen-bond acceptors (Lipinski definition) is 4. The minimum absolute atomic E-state index is 0.0233. The molecule has 19 heavy (non-hydrogen) atoms. The largest absolute Gasteiger partial charge is 0.478 e. The highest BCUT2D eigenvalue weighted by atomic mass is 79.9. The molecule has 1 heterocycles. The van der Waals surface area contributed by atoms with E-state index in [9.17, 15) is 9.59 Å². The smallest absolute Gasteiger partial charge is 0.337 e. The van der Waals surface area contributed by atoms with E-state index >= 15 is 0 Å². The Balaban J connectivity index is 2.16. The topological polar surface area (TPSA) is 97.1 Å². The summed E-state index contributed by atoms with van der Waals surface area (Å²) in [4.78, 5) is 22.8. The number of hydrogen-bond donors (Lipinski definition) is 2. The fraction of sp³-hybridized carbons (Fsp3) is 0.0909. The average Bonchev–Trinajstić information content (AvgIpc) is 2.81. The number of halogens is 1. The van der Waals surface area contributed by atoms with E-state index in [0.717, 1.165) is 0 Å². The highest BCUT2D eigenvalue weighted by Gasteiger charge is 2.13. The van der Waals surface area contributed by atoms with Crippen LogP contribution in [-0.2, 0) is 11.3 Å². The Hall–Kier alpha value is -2.22. The molecule has 0 saturated carbocycles. The van der Waals surface area contributed by atoms with Crippen molar-refractivity contribution < 1.29 is 14.7 Å². The number of carbonyl (C=O) groups is 2. The summed E-state index contributed by atoms with van der Waals surface area (Å²) >= 11 is 3.22. The Morgan fingerprint density at radius 3 is 2.84 bits per heavy atom.